The van der Waals surface area contributed by atoms with E-state index in [1.165, 1.54) is 47.1 Å². The predicted molar refractivity (Wildman–Crippen MR) is 105 cm³/mol. The van der Waals surface area contributed by atoms with Crippen molar-refractivity contribution in [3.05, 3.63) is 29.3 Å². The molecule has 5 nitrogen and oxygen atoms in total. The van der Waals surface area contributed by atoms with Crippen LogP contribution in [0.2, 0.25) is 0 Å². The van der Waals surface area contributed by atoms with E-state index < -0.39 is 0 Å². The van der Waals surface area contributed by atoms with Gasteiger partial charge in [-0.1, -0.05) is 48.1 Å². The van der Waals surface area contributed by atoms with Gasteiger partial charge < -0.3 is 10.6 Å². The molecular formula is C18H24N4OS2. The number of aromatic nitrogens is 2. The molecule has 1 aliphatic carbocycles. The Bertz CT molecular complexity index is 740. The summed E-state index contributed by atoms with van der Waals surface area (Å²) >= 11 is 2.95. The van der Waals surface area contributed by atoms with Crippen LogP contribution in [0.5, 0.6) is 0 Å². The highest BCUT2D eigenvalue weighted by atomic mass is 32.2. The first-order valence-electron chi connectivity index (χ1n) is 8.66. The molecule has 3 rings (SSSR count). The molecule has 1 aromatic carbocycles. The molecule has 0 radical (unpaired) electrons. The molecule has 0 spiro atoms. The fraction of sp³-hybridized carbons (Fsp3) is 0.500. The molecule has 1 aromatic heterocycles. The van der Waals surface area contributed by atoms with Crippen molar-refractivity contribution < 1.29 is 4.79 Å². The third-order valence-electron chi connectivity index (χ3n) is 4.60. The van der Waals surface area contributed by atoms with Crippen LogP contribution in [0.25, 0.3) is 0 Å². The number of thioether (sulfide) groups is 1. The Morgan fingerprint density at radius 3 is 2.80 bits per heavy atom. The maximum absolute atomic E-state index is 12.3. The minimum absolute atomic E-state index is 0.0936. The number of hydrogen-bond acceptors (Lipinski definition) is 6. The minimum Gasteiger partial charge on any atom is -0.352 e. The molecule has 0 aliphatic heterocycles. The van der Waals surface area contributed by atoms with E-state index in [1.54, 1.807) is 0 Å². The molecule has 1 amide bonds. The Hall–Kier alpha value is -1.60. The first kappa shape index (κ1) is 18.2. The van der Waals surface area contributed by atoms with Gasteiger partial charge in [0, 0.05) is 11.7 Å². The van der Waals surface area contributed by atoms with Crippen molar-refractivity contribution in [3.63, 3.8) is 0 Å². The van der Waals surface area contributed by atoms with Crippen LogP contribution in [0.3, 0.4) is 0 Å². The zero-order chi connectivity index (χ0) is 17.8. The second kappa shape index (κ2) is 8.19. The summed E-state index contributed by atoms with van der Waals surface area (Å²) in [5, 5.41) is 15.5. The number of anilines is 2. The quantitative estimate of drug-likeness (QED) is 0.730. The number of nitrogens with one attached hydrogen (secondary N) is 2. The van der Waals surface area contributed by atoms with E-state index >= 15 is 0 Å². The number of carbonyl (C=O) groups excluding carboxylic acids is 1. The number of aryl methyl sites for hydroxylation is 1. The van der Waals surface area contributed by atoms with Gasteiger partial charge in [0.05, 0.1) is 5.25 Å². The number of hydrogen-bond donors (Lipinski definition) is 2. The molecule has 25 heavy (non-hydrogen) atoms. The highest BCUT2D eigenvalue weighted by Gasteiger charge is 2.22. The van der Waals surface area contributed by atoms with Gasteiger partial charge in [0.2, 0.25) is 11.0 Å². The lowest BCUT2D eigenvalue weighted by atomic mass is 10.1. The zero-order valence-corrected chi connectivity index (χ0v) is 16.5. The lowest BCUT2D eigenvalue weighted by molar-refractivity contribution is -0.120. The maximum Gasteiger partial charge on any atom is 0.233 e. The summed E-state index contributed by atoms with van der Waals surface area (Å²) in [5.74, 6) is 0.0936. The van der Waals surface area contributed by atoms with Gasteiger partial charge in [0.25, 0.3) is 0 Å². The van der Waals surface area contributed by atoms with Crippen LogP contribution in [0.4, 0.5) is 10.8 Å². The molecule has 134 valence electrons. The standard InChI is InChI=1S/C18H24N4OS2/c1-11-7-6-10-15(12(11)2)20-17-21-22-18(25-17)24-13(3)16(23)19-14-8-4-5-9-14/h6-7,10,13-14H,4-5,8-9H2,1-3H3,(H,19,23)(H,20,21). The van der Waals surface area contributed by atoms with Crippen molar-refractivity contribution in [3.8, 4) is 0 Å². The van der Waals surface area contributed by atoms with Crippen molar-refractivity contribution in [1.29, 1.82) is 0 Å². The number of nitrogens with zero attached hydrogens (tertiary/aromatic N) is 2. The summed E-state index contributed by atoms with van der Waals surface area (Å²) in [6.07, 6.45) is 4.64. The molecule has 1 saturated carbocycles. The van der Waals surface area contributed by atoms with Crippen LogP contribution < -0.4 is 10.6 Å². The highest BCUT2D eigenvalue weighted by Crippen LogP contribution is 2.31. The van der Waals surface area contributed by atoms with Crippen molar-refractivity contribution in [2.45, 2.75) is 62.1 Å². The summed E-state index contributed by atoms with van der Waals surface area (Å²) in [7, 11) is 0. The van der Waals surface area contributed by atoms with Gasteiger partial charge in [-0.05, 0) is 50.8 Å². The van der Waals surface area contributed by atoms with E-state index in [1.807, 2.05) is 19.1 Å². The van der Waals surface area contributed by atoms with E-state index in [4.69, 9.17) is 0 Å². The van der Waals surface area contributed by atoms with E-state index in [2.05, 4.69) is 40.7 Å². The third-order valence-corrected chi connectivity index (χ3v) is 6.62. The average Bonchev–Trinajstić information content (AvgIpc) is 3.24. The molecule has 0 bridgehead atoms. The molecule has 1 aliphatic rings. The van der Waals surface area contributed by atoms with Crippen LogP contribution in [-0.4, -0.2) is 27.4 Å². The molecule has 1 unspecified atom stereocenters. The second-order valence-electron chi connectivity index (χ2n) is 6.50. The third kappa shape index (κ3) is 4.73. The van der Waals surface area contributed by atoms with Crippen LogP contribution in [0.1, 0.15) is 43.7 Å². The smallest absolute Gasteiger partial charge is 0.233 e. The number of rotatable bonds is 6. The van der Waals surface area contributed by atoms with Crippen LogP contribution >= 0.6 is 23.1 Å². The maximum atomic E-state index is 12.3. The van der Waals surface area contributed by atoms with Crippen LogP contribution in [0.15, 0.2) is 22.5 Å². The fourth-order valence-electron chi connectivity index (χ4n) is 2.90. The molecule has 1 fully saturated rings. The largest absolute Gasteiger partial charge is 0.352 e. The van der Waals surface area contributed by atoms with Gasteiger partial charge in [-0.15, -0.1) is 10.2 Å². The zero-order valence-electron chi connectivity index (χ0n) is 14.8. The highest BCUT2D eigenvalue weighted by molar-refractivity contribution is 8.02. The van der Waals surface area contributed by atoms with Gasteiger partial charge in [0.15, 0.2) is 4.34 Å². The Balaban J connectivity index is 1.57. The number of benzene rings is 1. The molecule has 2 aromatic rings. The summed E-state index contributed by atoms with van der Waals surface area (Å²) in [4.78, 5) is 12.3. The van der Waals surface area contributed by atoms with Gasteiger partial charge in [-0.2, -0.15) is 0 Å². The normalized spacial score (nSPS) is 16.0. The van der Waals surface area contributed by atoms with Gasteiger partial charge in [-0.3, -0.25) is 4.79 Å². The molecule has 2 N–H and O–H groups in total. The van der Waals surface area contributed by atoms with Crippen molar-refractivity contribution in [1.82, 2.24) is 15.5 Å². The topological polar surface area (TPSA) is 66.9 Å². The van der Waals surface area contributed by atoms with Crippen LogP contribution in [-0.2, 0) is 4.79 Å². The molecular weight excluding hydrogens is 352 g/mol. The van der Waals surface area contributed by atoms with Crippen LogP contribution in [0, 0.1) is 13.8 Å². The minimum atomic E-state index is -0.165. The Morgan fingerprint density at radius 1 is 1.28 bits per heavy atom. The van der Waals surface area contributed by atoms with Crippen molar-refractivity contribution in [2.75, 3.05) is 5.32 Å². The number of amides is 1. The van der Waals surface area contributed by atoms with Gasteiger partial charge >= 0.3 is 0 Å². The SMILES string of the molecule is Cc1cccc(Nc2nnc(SC(C)C(=O)NC3CCCC3)s2)c1C. The summed E-state index contributed by atoms with van der Waals surface area (Å²) < 4.78 is 0.807. The molecule has 0 saturated heterocycles. The van der Waals surface area contributed by atoms with Gasteiger partial charge in [-0.25, -0.2) is 0 Å². The average molecular weight is 377 g/mol. The Kier molecular flexibility index (Phi) is 5.96. The van der Waals surface area contributed by atoms with Gasteiger partial charge in [0.1, 0.15) is 0 Å². The fourth-order valence-corrected chi connectivity index (χ4v) is 4.82. The lowest BCUT2D eigenvalue weighted by Gasteiger charge is -2.15. The molecule has 7 heteroatoms. The van der Waals surface area contributed by atoms with E-state index in [0.717, 1.165) is 28.0 Å². The van der Waals surface area contributed by atoms with Crippen molar-refractivity contribution in [2.24, 2.45) is 0 Å². The van der Waals surface area contributed by atoms with E-state index in [0.29, 0.717) is 6.04 Å². The Morgan fingerprint density at radius 2 is 2.04 bits per heavy atom. The predicted octanol–water partition coefficient (Wildman–Crippen LogP) is 4.44. The first-order valence-corrected chi connectivity index (χ1v) is 10.4. The summed E-state index contributed by atoms with van der Waals surface area (Å²) in [5.41, 5.74) is 3.48. The first-order chi connectivity index (χ1) is 12.0. The Labute approximate surface area is 157 Å². The summed E-state index contributed by atoms with van der Waals surface area (Å²) in [6, 6.07) is 6.50. The second-order valence-corrected chi connectivity index (χ2v) is 9.06. The monoisotopic (exact) mass is 376 g/mol. The number of carbonyl (C=O) groups is 1. The summed E-state index contributed by atoms with van der Waals surface area (Å²) in [6.45, 7) is 6.10. The van der Waals surface area contributed by atoms with E-state index in [9.17, 15) is 4.79 Å². The van der Waals surface area contributed by atoms with E-state index in [-0.39, 0.29) is 11.2 Å². The van der Waals surface area contributed by atoms with Crippen molar-refractivity contribution >= 4 is 39.8 Å². The lowest BCUT2D eigenvalue weighted by Crippen LogP contribution is -2.37. The molecule has 1 heterocycles. The molecule has 1 atom stereocenters.